The number of carbonyl (C=O) groups excluding carboxylic acids is 1. The number of ketones is 1. The number of carbonyl (C=O) groups is 1. The highest BCUT2D eigenvalue weighted by atomic mass is 32.2. The molecule has 0 aliphatic carbocycles. The molecule has 0 bridgehead atoms. The predicted molar refractivity (Wildman–Crippen MR) is 68.5 cm³/mol. The van der Waals surface area contributed by atoms with Gasteiger partial charge in [0.05, 0.1) is 10.5 Å². The lowest BCUT2D eigenvalue weighted by Gasteiger charge is -2.19. The quantitative estimate of drug-likeness (QED) is 0.811. The van der Waals surface area contributed by atoms with Gasteiger partial charge >= 0.3 is 0 Å². The van der Waals surface area contributed by atoms with E-state index in [-0.39, 0.29) is 12.2 Å². The second-order valence-corrected chi connectivity index (χ2v) is 7.13. The summed E-state index contributed by atoms with van der Waals surface area (Å²) in [5, 5.41) is -1.20. The van der Waals surface area contributed by atoms with Gasteiger partial charge < -0.3 is 0 Å². The van der Waals surface area contributed by atoms with Crippen molar-refractivity contribution in [3.8, 4) is 0 Å². The van der Waals surface area contributed by atoms with Crippen molar-refractivity contribution >= 4 is 15.6 Å². The third kappa shape index (κ3) is 3.40. The van der Waals surface area contributed by atoms with Crippen molar-refractivity contribution in [3.05, 3.63) is 35.9 Å². The van der Waals surface area contributed by atoms with Crippen molar-refractivity contribution in [2.75, 3.05) is 0 Å². The average Bonchev–Trinajstić information content (AvgIpc) is 2.26. The summed E-state index contributed by atoms with van der Waals surface area (Å²) in [6, 6.07) is 8.92. The smallest absolute Gasteiger partial charge is 0.160 e. The molecule has 0 saturated carbocycles. The second-order valence-electron chi connectivity index (χ2n) is 4.44. The topological polar surface area (TPSA) is 51.2 Å². The Hall–Kier alpha value is -1.16. The molecule has 0 spiro atoms. The SMILES string of the molecule is CC(=O)CC(c1ccccc1)S(=O)(=O)C(C)C. The van der Waals surface area contributed by atoms with E-state index in [1.54, 1.807) is 38.1 Å². The molecular weight excluding hydrogens is 236 g/mol. The minimum Gasteiger partial charge on any atom is -0.300 e. The zero-order valence-corrected chi connectivity index (χ0v) is 11.2. The first-order chi connectivity index (χ1) is 7.85. The molecule has 0 aliphatic heterocycles. The molecule has 1 unspecified atom stereocenters. The minimum atomic E-state index is -3.31. The van der Waals surface area contributed by atoms with Crippen molar-refractivity contribution in [2.45, 2.75) is 37.7 Å². The Morgan fingerprint density at radius 1 is 1.18 bits per heavy atom. The van der Waals surface area contributed by atoms with Crippen molar-refractivity contribution in [1.82, 2.24) is 0 Å². The van der Waals surface area contributed by atoms with Crippen LogP contribution in [0.1, 0.15) is 38.0 Å². The molecule has 0 amide bonds. The molecule has 0 N–H and O–H groups in total. The van der Waals surface area contributed by atoms with Crippen LogP contribution in [0.2, 0.25) is 0 Å². The lowest BCUT2D eigenvalue weighted by Crippen LogP contribution is -2.23. The molecule has 3 nitrogen and oxygen atoms in total. The van der Waals surface area contributed by atoms with Gasteiger partial charge in [-0.3, -0.25) is 4.79 Å². The molecule has 17 heavy (non-hydrogen) atoms. The first-order valence-corrected chi connectivity index (χ1v) is 7.23. The Bertz CT molecular complexity index is 475. The van der Waals surface area contributed by atoms with Crippen LogP contribution in [0.5, 0.6) is 0 Å². The highest BCUT2D eigenvalue weighted by Crippen LogP contribution is 2.29. The molecule has 4 heteroatoms. The third-order valence-corrected chi connectivity index (χ3v) is 5.24. The Balaban J connectivity index is 3.19. The molecule has 1 aromatic carbocycles. The largest absolute Gasteiger partial charge is 0.300 e. The third-order valence-electron chi connectivity index (χ3n) is 2.70. The number of benzene rings is 1. The molecule has 1 atom stereocenters. The van der Waals surface area contributed by atoms with Crippen LogP contribution in [0.3, 0.4) is 0 Å². The summed E-state index contributed by atoms with van der Waals surface area (Å²) in [5.41, 5.74) is 0.691. The van der Waals surface area contributed by atoms with Crippen LogP contribution in [-0.4, -0.2) is 19.5 Å². The van der Waals surface area contributed by atoms with Crippen molar-refractivity contribution < 1.29 is 13.2 Å². The minimum absolute atomic E-state index is 0.0462. The molecule has 0 saturated heterocycles. The standard InChI is InChI=1S/C13H18O3S/c1-10(2)17(15,16)13(9-11(3)14)12-7-5-4-6-8-12/h4-8,10,13H,9H2,1-3H3. The molecule has 1 aromatic rings. The fourth-order valence-corrected chi connectivity index (χ4v) is 3.34. The van der Waals surface area contributed by atoms with E-state index in [0.29, 0.717) is 5.56 Å². The molecular formula is C13H18O3S. The van der Waals surface area contributed by atoms with E-state index < -0.39 is 20.3 Å². The molecule has 0 heterocycles. The summed E-state index contributed by atoms with van der Waals surface area (Å²) in [4.78, 5) is 11.2. The molecule has 1 rings (SSSR count). The van der Waals surface area contributed by atoms with Crippen LogP contribution < -0.4 is 0 Å². The van der Waals surface area contributed by atoms with Crippen LogP contribution in [0.4, 0.5) is 0 Å². The van der Waals surface area contributed by atoms with Crippen LogP contribution in [0.25, 0.3) is 0 Å². The highest BCUT2D eigenvalue weighted by Gasteiger charge is 2.30. The Morgan fingerprint density at radius 2 is 1.71 bits per heavy atom. The predicted octanol–water partition coefficient (Wildman–Crippen LogP) is 2.53. The van der Waals surface area contributed by atoms with E-state index in [1.807, 2.05) is 6.07 Å². The lowest BCUT2D eigenvalue weighted by atomic mass is 10.1. The fraction of sp³-hybridized carbons (Fsp3) is 0.462. The van der Waals surface area contributed by atoms with E-state index in [0.717, 1.165) is 0 Å². The maximum Gasteiger partial charge on any atom is 0.160 e. The Labute approximate surface area is 103 Å². The Kier molecular flexibility index (Phi) is 4.46. The van der Waals surface area contributed by atoms with Crippen molar-refractivity contribution in [1.29, 1.82) is 0 Å². The maximum absolute atomic E-state index is 12.2. The van der Waals surface area contributed by atoms with E-state index in [9.17, 15) is 13.2 Å². The van der Waals surface area contributed by atoms with Gasteiger partial charge in [0.25, 0.3) is 0 Å². The first-order valence-electron chi connectivity index (χ1n) is 5.62. The number of rotatable bonds is 5. The molecule has 94 valence electrons. The first kappa shape index (κ1) is 13.9. The Morgan fingerprint density at radius 3 is 2.12 bits per heavy atom. The maximum atomic E-state index is 12.2. The van der Waals surface area contributed by atoms with Crippen molar-refractivity contribution in [2.24, 2.45) is 0 Å². The van der Waals surface area contributed by atoms with Crippen molar-refractivity contribution in [3.63, 3.8) is 0 Å². The van der Waals surface area contributed by atoms with Gasteiger partial charge in [-0.25, -0.2) is 8.42 Å². The van der Waals surface area contributed by atoms with Crippen LogP contribution in [-0.2, 0) is 14.6 Å². The number of sulfone groups is 1. The second kappa shape index (κ2) is 5.45. The number of Topliss-reactive ketones (excluding diaryl/α,β-unsaturated/α-hetero) is 1. The van der Waals surface area contributed by atoms with Gasteiger partial charge in [-0.2, -0.15) is 0 Å². The molecule has 0 radical (unpaired) electrons. The summed E-state index contributed by atoms with van der Waals surface area (Å²) in [6.45, 7) is 4.71. The summed E-state index contributed by atoms with van der Waals surface area (Å²) in [7, 11) is -3.31. The van der Waals surface area contributed by atoms with Gasteiger partial charge in [0.1, 0.15) is 5.78 Å². The van der Waals surface area contributed by atoms with E-state index in [4.69, 9.17) is 0 Å². The zero-order valence-electron chi connectivity index (χ0n) is 10.4. The van der Waals surface area contributed by atoms with Gasteiger partial charge in [-0.1, -0.05) is 30.3 Å². The molecule has 0 aromatic heterocycles. The summed E-state index contributed by atoms with van der Waals surface area (Å²) >= 11 is 0. The normalized spacial score (nSPS) is 13.6. The fourth-order valence-electron chi connectivity index (χ4n) is 1.68. The van der Waals surface area contributed by atoms with Crippen LogP contribution >= 0.6 is 0 Å². The average molecular weight is 254 g/mol. The van der Waals surface area contributed by atoms with Gasteiger partial charge in [0, 0.05) is 6.42 Å². The number of hydrogen-bond acceptors (Lipinski definition) is 3. The van der Waals surface area contributed by atoms with E-state index in [1.165, 1.54) is 6.92 Å². The summed E-state index contributed by atoms with van der Waals surface area (Å²) in [5.74, 6) is -0.108. The van der Waals surface area contributed by atoms with Crippen LogP contribution in [0.15, 0.2) is 30.3 Å². The molecule has 0 fully saturated rings. The number of hydrogen-bond donors (Lipinski definition) is 0. The lowest BCUT2D eigenvalue weighted by molar-refractivity contribution is -0.117. The van der Waals surface area contributed by atoms with Gasteiger partial charge in [-0.05, 0) is 26.3 Å². The van der Waals surface area contributed by atoms with Crippen LogP contribution in [0, 0.1) is 0 Å². The molecule has 0 aliphatic rings. The van der Waals surface area contributed by atoms with Gasteiger partial charge in [-0.15, -0.1) is 0 Å². The summed E-state index contributed by atoms with van der Waals surface area (Å²) in [6.07, 6.45) is 0.0462. The van der Waals surface area contributed by atoms with E-state index >= 15 is 0 Å². The highest BCUT2D eigenvalue weighted by molar-refractivity contribution is 7.92. The van der Waals surface area contributed by atoms with E-state index in [2.05, 4.69) is 0 Å². The summed E-state index contributed by atoms with van der Waals surface area (Å²) < 4.78 is 24.4. The monoisotopic (exact) mass is 254 g/mol. The van der Waals surface area contributed by atoms with Gasteiger partial charge in [0.2, 0.25) is 0 Å². The zero-order chi connectivity index (χ0) is 13.1. The van der Waals surface area contributed by atoms with Gasteiger partial charge in [0.15, 0.2) is 9.84 Å².